The van der Waals surface area contributed by atoms with Crippen LogP contribution in [0.5, 0.6) is 0 Å². The summed E-state index contributed by atoms with van der Waals surface area (Å²) in [5.41, 5.74) is 1.38. The summed E-state index contributed by atoms with van der Waals surface area (Å²) in [4.78, 5) is 14.6. The summed E-state index contributed by atoms with van der Waals surface area (Å²) in [6.45, 7) is 8.59. The summed E-state index contributed by atoms with van der Waals surface area (Å²) in [5.74, 6) is 0.581. The molecule has 1 aromatic heterocycles. The van der Waals surface area contributed by atoms with E-state index >= 15 is 0 Å². The molecule has 1 atom stereocenters. The summed E-state index contributed by atoms with van der Waals surface area (Å²) in [7, 11) is 0. The second-order valence-corrected chi connectivity index (χ2v) is 6.75. The number of benzene rings is 1. The number of hydrogen-bond donors (Lipinski definition) is 1. The van der Waals surface area contributed by atoms with Gasteiger partial charge in [0, 0.05) is 31.6 Å². The summed E-state index contributed by atoms with van der Waals surface area (Å²) >= 11 is 0. The number of para-hydroxylation sites is 1. The fraction of sp³-hybridized carbons (Fsp3) is 0.556. The quantitative estimate of drug-likeness (QED) is 0.875. The second-order valence-electron chi connectivity index (χ2n) is 6.75. The maximum absolute atomic E-state index is 12.2. The molecule has 0 unspecified atom stereocenters. The van der Waals surface area contributed by atoms with Crippen molar-refractivity contribution < 1.29 is 14.1 Å². The van der Waals surface area contributed by atoms with Crippen molar-refractivity contribution in [3.05, 3.63) is 30.0 Å². The Hall–Kier alpha value is -1.92. The number of morpholine rings is 1. The van der Waals surface area contributed by atoms with Gasteiger partial charge in [-0.05, 0) is 18.1 Å². The van der Waals surface area contributed by atoms with Crippen LogP contribution < -0.4 is 5.32 Å². The van der Waals surface area contributed by atoms with E-state index in [9.17, 15) is 4.79 Å². The first-order valence-corrected chi connectivity index (χ1v) is 8.55. The molecule has 1 aliphatic heterocycles. The van der Waals surface area contributed by atoms with E-state index in [1.807, 2.05) is 24.3 Å². The molecule has 0 saturated carbocycles. The Morgan fingerprint density at radius 2 is 2.25 bits per heavy atom. The second kappa shape index (κ2) is 7.77. The minimum absolute atomic E-state index is 0.0514. The predicted octanol–water partition coefficient (Wildman–Crippen LogP) is 1.84. The lowest BCUT2D eigenvalue weighted by Crippen LogP contribution is -2.48. The molecule has 0 bridgehead atoms. The maximum Gasteiger partial charge on any atom is 0.226 e. The topological polar surface area (TPSA) is 67.6 Å². The third-order valence-electron chi connectivity index (χ3n) is 4.15. The standard InChI is InChI=1S/C18H25N3O3/c1-13(2)11-21-7-8-23-14(12-21)10-19-18(22)9-16-15-5-3-4-6-17(15)24-20-16/h3-6,13-14H,7-12H2,1-2H3,(H,19,22)/t14-/m1/s1. The molecular weight excluding hydrogens is 306 g/mol. The summed E-state index contributed by atoms with van der Waals surface area (Å²) < 4.78 is 11.0. The van der Waals surface area contributed by atoms with Gasteiger partial charge in [-0.15, -0.1) is 0 Å². The molecule has 0 aliphatic carbocycles. The average Bonchev–Trinajstić information content (AvgIpc) is 2.96. The van der Waals surface area contributed by atoms with E-state index in [4.69, 9.17) is 9.26 Å². The summed E-state index contributed by atoms with van der Waals surface area (Å²) in [5, 5.41) is 7.85. The fourth-order valence-corrected chi connectivity index (χ4v) is 3.09. The van der Waals surface area contributed by atoms with E-state index in [1.165, 1.54) is 0 Å². The SMILES string of the molecule is CC(C)CN1CCO[C@H](CNC(=O)Cc2noc3ccccc23)C1. The predicted molar refractivity (Wildman–Crippen MR) is 91.7 cm³/mol. The summed E-state index contributed by atoms with van der Waals surface area (Å²) in [6.07, 6.45) is 0.273. The zero-order valence-corrected chi connectivity index (χ0v) is 14.3. The molecule has 6 nitrogen and oxygen atoms in total. The first-order chi connectivity index (χ1) is 11.6. The van der Waals surface area contributed by atoms with Crippen molar-refractivity contribution in [1.82, 2.24) is 15.4 Å². The molecule has 0 radical (unpaired) electrons. The lowest BCUT2D eigenvalue weighted by molar-refractivity contribution is -0.121. The zero-order chi connectivity index (χ0) is 16.9. The molecular formula is C18H25N3O3. The fourth-order valence-electron chi connectivity index (χ4n) is 3.09. The number of nitrogens with zero attached hydrogens (tertiary/aromatic N) is 2. The van der Waals surface area contributed by atoms with E-state index in [0.29, 0.717) is 23.7 Å². The third kappa shape index (κ3) is 4.33. The van der Waals surface area contributed by atoms with Crippen molar-refractivity contribution >= 4 is 16.9 Å². The molecule has 1 amide bonds. The van der Waals surface area contributed by atoms with Crippen molar-refractivity contribution in [2.45, 2.75) is 26.4 Å². The lowest BCUT2D eigenvalue weighted by atomic mass is 10.1. The number of aromatic nitrogens is 1. The molecule has 0 spiro atoms. The van der Waals surface area contributed by atoms with Crippen molar-refractivity contribution in [2.24, 2.45) is 5.92 Å². The lowest BCUT2D eigenvalue weighted by Gasteiger charge is -2.33. The van der Waals surface area contributed by atoms with Gasteiger partial charge in [0.1, 0.15) is 5.69 Å². The van der Waals surface area contributed by atoms with Gasteiger partial charge in [0.2, 0.25) is 5.91 Å². The van der Waals surface area contributed by atoms with Crippen LogP contribution in [0.1, 0.15) is 19.5 Å². The number of fused-ring (bicyclic) bond motifs is 1. The van der Waals surface area contributed by atoms with Gasteiger partial charge in [-0.3, -0.25) is 9.69 Å². The summed E-state index contributed by atoms with van der Waals surface area (Å²) in [6, 6.07) is 7.58. The van der Waals surface area contributed by atoms with Crippen molar-refractivity contribution in [2.75, 3.05) is 32.8 Å². The number of ether oxygens (including phenoxy) is 1. The Labute approximate surface area is 142 Å². The van der Waals surface area contributed by atoms with Crippen LogP contribution in [0.3, 0.4) is 0 Å². The van der Waals surface area contributed by atoms with Gasteiger partial charge in [0.15, 0.2) is 5.58 Å². The van der Waals surface area contributed by atoms with Crippen LogP contribution in [0.4, 0.5) is 0 Å². The Bertz CT molecular complexity index is 683. The van der Waals surface area contributed by atoms with Crippen LogP contribution in [0.2, 0.25) is 0 Å². The molecule has 1 N–H and O–H groups in total. The van der Waals surface area contributed by atoms with E-state index in [1.54, 1.807) is 0 Å². The molecule has 1 saturated heterocycles. The molecule has 6 heteroatoms. The number of amides is 1. The van der Waals surface area contributed by atoms with Crippen LogP contribution in [-0.4, -0.2) is 54.9 Å². The normalized spacial score (nSPS) is 19.0. The number of carbonyl (C=O) groups is 1. The Morgan fingerprint density at radius 3 is 3.08 bits per heavy atom. The smallest absolute Gasteiger partial charge is 0.226 e. The van der Waals surface area contributed by atoms with Crippen LogP contribution in [0.25, 0.3) is 11.0 Å². The first kappa shape index (κ1) is 16.9. The Balaban J connectivity index is 1.49. The highest BCUT2D eigenvalue weighted by atomic mass is 16.5. The first-order valence-electron chi connectivity index (χ1n) is 8.55. The third-order valence-corrected chi connectivity index (χ3v) is 4.15. The number of rotatable bonds is 6. The minimum atomic E-state index is -0.0568. The highest BCUT2D eigenvalue weighted by molar-refractivity contribution is 5.86. The Kier molecular flexibility index (Phi) is 5.48. The van der Waals surface area contributed by atoms with Crippen molar-refractivity contribution in [1.29, 1.82) is 0 Å². The minimum Gasteiger partial charge on any atom is -0.374 e. The molecule has 1 aromatic carbocycles. The van der Waals surface area contributed by atoms with E-state index in [-0.39, 0.29) is 18.4 Å². The average molecular weight is 331 g/mol. The van der Waals surface area contributed by atoms with E-state index < -0.39 is 0 Å². The van der Waals surface area contributed by atoms with Crippen molar-refractivity contribution in [3.63, 3.8) is 0 Å². The van der Waals surface area contributed by atoms with Crippen LogP contribution in [0, 0.1) is 5.92 Å². The molecule has 2 heterocycles. The highest BCUT2D eigenvalue weighted by Crippen LogP contribution is 2.18. The van der Waals surface area contributed by atoms with Gasteiger partial charge in [-0.2, -0.15) is 0 Å². The molecule has 1 aliphatic rings. The maximum atomic E-state index is 12.2. The van der Waals surface area contributed by atoms with E-state index in [0.717, 1.165) is 31.6 Å². The van der Waals surface area contributed by atoms with Gasteiger partial charge in [-0.1, -0.05) is 31.1 Å². The van der Waals surface area contributed by atoms with E-state index in [2.05, 4.69) is 29.2 Å². The van der Waals surface area contributed by atoms with Crippen LogP contribution in [-0.2, 0) is 16.0 Å². The number of nitrogens with one attached hydrogen (secondary N) is 1. The Morgan fingerprint density at radius 1 is 1.42 bits per heavy atom. The monoisotopic (exact) mass is 331 g/mol. The molecule has 130 valence electrons. The molecule has 24 heavy (non-hydrogen) atoms. The molecule has 1 fully saturated rings. The van der Waals surface area contributed by atoms with Crippen molar-refractivity contribution in [3.8, 4) is 0 Å². The van der Waals surface area contributed by atoms with Gasteiger partial charge in [0.25, 0.3) is 0 Å². The molecule has 3 rings (SSSR count). The largest absolute Gasteiger partial charge is 0.374 e. The highest BCUT2D eigenvalue weighted by Gasteiger charge is 2.21. The van der Waals surface area contributed by atoms with Crippen LogP contribution >= 0.6 is 0 Å². The van der Waals surface area contributed by atoms with Gasteiger partial charge in [-0.25, -0.2) is 0 Å². The molecule has 2 aromatic rings. The zero-order valence-electron chi connectivity index (χ0n) is 14.3. The van der Waals surface area contributed by atoms with Crippen LogP contribution in [0.15, 0.2) is 28.8 Å². The van der Waals surface area contributed by atoms with Gasteiger partial charge >= 0.3 is 0 Å². The number of hydrogen-bond acceptors (Lipinski definition) is 5. The van der Waals surface area contributed by atoms with Gasteiger partial charge < -0.3 is 14.6 Å². The number of carbonyl (C=O) groups excluding carboxylic acids is 1. The van der Waals surface area contributed by atoms with Gasteiger partial charge in [0.05, 0.1) is 19.1 Å².